The number of likely N-dealkylation sites (tertiary alicyclic amines) is 1. The summed E-state index contributed by atoms with van der Waals surface area (Å²) < 4.78 is 0. The van der Waals surface area contributed by atoms with Gasteiger partial charge in [-0.1, -0.05) is 54.6 Å². The van der Waals surface area contributed by atoms with Crippen LogP contribution in [-0.2, 0) is 19.8 Å². The van der Waals surface area contributed by atoms with Gasteiger partial charge in [0.15, 0.2) is 0 Å². The molecule has 1 unspecified atom stereocenters. The van der Waals surface area contributed by atoms with Crippen LogP contribution in [0.5, 0.6) is 0 Å². The molecule has 0 bridgehead atoms. The number of likely N-dealkylation sites (N-methyl/N-ethyl adjacent to an activating group) is 1. The zero-order valence-corrected chi connectivity index (χ0v) is 18.8. The summed E-state index contributed by atoms with van der Waals surface area (Å²) in [6.45, 7) is 0. The standard InChI is InChI=1S/C27H30N2O3/c1-28(25(20-8-9-20)21-10-11-21)23(30)16-27(17-24(31)29(2)26(27)32)22-14-12-19(13-15-22)18-6-4-3-5-7-18/h3-7,12-15,20-21,25H,8-11,16-17H2,1-2H3. The van der Waals surface area contributed by atoms with Crippen LogP contribution in [0.1, 0.15) is 44.1 Å². The molecule has 3 fully saturated rings. The van der Waals surface area contributed by atoms with Gasteiger partial charge in [-0.3, -0.25) is 19.3 Å². The molecule has 5 nitrogen and oxygen atoms in total. The summed E-state index contributed by atoms with van der Waals surface area (Å²) in [6.07, 6.45) is 4.83. The fourth-order valence-electron chi connectivity index (χ4n) is 5.41. The topological polar surface area (TPSA) is 57.7 Å². The van der Waals surface area contributed by atoms with E-state index < -0.39 is 5.41 Å². The number of carbonyl (C=O) groups is 3. The van der Waals surface area contributed by atoms with Gasteiger partial charge in [-0.15, -0.1) is 0 Å². The number of hydrogen-bond acceptors (Lipinski definition) is 3. The van der Waals surface area contributed by atoms with Crippen molar-refractivity contribution in [2.45, 2.75) is 50.0 Å². The minimum absolute atomic E-state index is 0.0302. The molecule has 0 N–H and O–H groups in total. The quantitative estimate of drug-likeness (QED) is 0.624. The van der Waals surface area contributed by atoms with E-state index in [2.05, 4.69) is 0 Å². The normalized spacial score (nSPS) is 23.2. The second-order valence-electron chi connectivity index (χ2n) is 9.81. The van der Waals surface area contributed by atoms with Crippen molar-refractivity contribution in [1.29, 1.82) is 0 Å². The zero-order valence-electron chi connectivity index (χ0n) is 18.8. The predicted molar refractivity (Wildman–Crippen MR) is 123 cm³/mol. The first kappa shape index (κ1) is 20.9. The fourth-order valence-corrected chi connectivity index (χ4v) is 5.41. The molecule has 166 valence electrons. The maximum atomic E-state index is 13.5. The highest BCUT2D eigenvalue weighted by Gasteiger charge is 2.54. The lowest BCUT2D eigenvalue weighted by Gasteiger charge is -2.33. The molecule has 2 aromatic rings. The van der Waals surface area contributed by atoms with Crippen molar-refractivity contribution in [1.82, 2.24) is 9.80 Å². The van der Waals surface area contributed by atoms with E-state index in [4.69, 9.17) is 0 Å². The highest BCUT2D eigenvalue weighted by molar-refractivity contribution is 6.10. The van der Waals surface area contributed by atoms with Crippen LogP contribution in [0.15, 0.2) is 54.6 Å². The minimum Gasteiger partial charge on any atom is -0.342 e. The Morgan fingerprint density at radius 2 is 1.53 bits per heavy atom. The fraction of sp³-hybridized carbons (Fsp3) is 0.444. The van der Waals surface area contributed by atoms with E-state index in [1.165, 1.54) is 37.6 Å². The summed E-state index contributed by atoms with van der Waals surface area (Å²) in [6, 6.07) is 18.1. The van der Waals surface area contributed by atoms with Gasteiger partial charge in [0.25, 0.3) is 0 Å². The van der Waals surface area contributed by atoms with E-state index in [-0.39, 0.29) is 36.6 Å². The molecule has 1 atom stereocenters. The molecular formula is C27H30N2O3. The van der Waals surface area contributed by atoms with Gasteiger partial charge in [0.2, 0.25) is 17.7 Å². The number of hydrogen-bond donors (Lipinski definition) is 0. The first-order valence-electron chi connectivity index (χ1n) is 11.6. The third-order valence-corrected chi connectivity index (χ3v) is 7.59. The molecule has 2 aliphatic carbocycles. The molecule has 5 heteroatoms. The van der Waals surface area contributed by atoms with Crippen molar-refractivity contribution in [2.24, 2.45) is 11.8 Å². The van der Waals surface area contributed by atoms with Crippen molar-refractivity contribution in [3.05, 3.63) is 60.2 Å². The van der Waals surface area contributed by atoms with Crippen molar-refractivity contribution in [3.8, 4) is 11.1 Å². The van der Waals surface area contributed by atoms with E-state index in [1.807, 2.05) is 66.5 Å². The van der Waals surface area contributed by atoms with Gasteiger partial charge in [0.1, 0.15) is 0 Å². The molecule has 1 saturated heterocycles. The van der Waals surface area contributed by atoms with E-state index >= 15 is 0 Å². The Morgan fingerprint density at radius 1 is 0.969 bits per heavy atom. The number of rotatable bonds is 7. The molecule has 0 spiro atoms. The summed E-state index contributed by atoms with van der Waals surface area (Å²) in [7, 11) is 3.41. The summed E-state index contributed by atoms with van der Waals surface area (Å²) in [5.41, 5.74) is 1.76. The van der Waals surface area contributed by atoms with E-state index in [0.717, 1.165) is 16.7 Å². The van der Waals surface area contributed by atoms with Crippen LogP contribution in [0, 0.1) is 11.8 Å². The van der Waals surface area contributed by atoms with Crippen LogP contribution < -0.4 is 0 Å². The van der Waals surface area contributed by atoms with Gasteiger partial charge in [-0.25, -0.2) is 0 Å². The molecule has 1 aliphatic heterocycles. The highest BCUT2D eigenvalue weighted by Crippen LogP contribution is 2.48. The van der Waals surface area contributed by atoms with Crippen molar-refractivity contribution < 1.29 is 14.4 Å². The predicted octanol–water partition coefficient (Wildman–Crippen LogP) is 4.02. The summed E-state index contributed by atoms with van der Waals surface area (Å²) >= 11 is 0. The number of benzene rings is 2. The van der Waals surface area contributed by atoms with Crippen molar-refractivity contribution >= 4 is 17.7 Å². The Hall–Kier alpha value is -2.95. The molecule has 3 amide bonds. The maximum absolute atomic E-state index is 13.5. The SMILES string of the molecule is CN1C(=O)CC(CC(=O)N(C)C(C2CC2)C2CC2)(c2ccc(-c3ccccc3)cc2)C1=O. The highest BCUT2D eigenvalue weighted by atomic mass is 16.2. The molecule has 2 aromatic carbocycles. The summed E-state index contributed by atoms with van der Waals surface area (Å²) in [5.74, 6) is 0.671. The van der Waals surface area contributed by atoms with Crippen molar-refractivity contribution in [3.63, 3.8) is 0 Å². The van der Waals surface area contributed by atoms with E-state index in [1.54, 1.807) is 0 Å². The van der Waals surface area contributed by atoms with Gasteiger partial charge < -0.3 is 4.90 Å². The van der Waals surface area contributed by atoms with Crippen LogP contribution in [0.25, 0.3) is 11.1 Å². The molecule has 5 rings (SSSR count). The van der Waals surface area contributed by atoms with Crippen LogP contribution in [0.4, 0.5) is 0 Å². The van der Waals surface area contributed by atoms with Gasteiger partial charge >= 0.3 is 0 Å². The Bertz CT molecular complexity index is 1030. The summed E-state index contributed by atoms with van der Waals surface area (Å²) in [4.78, 5) is 42.5. The first-order valence-corrected chi connectivity index (χ1v) is 11.6. The van der Waals surface area contributed by atoms with Crippen LogP contribution in [0.3, 0.4) is 0 Å². The molecule has 2 saturated carbocycles. The van der Waals surface area contributed by atoms with Crippen LogP contribution in [-0.4, -0.2) is 47.7 Å². The lowest BCUT2D eigenvalue weighted by Crippen LogP contribution is -2.45. The second-order valence-corrected chi connectivity index (χ2v) is 9.81. The molecule has 0 aromatic heterocycles. The number of imide groups is 1. The Morgan fingerprint density at radius 3 is 2.03 bits per heavy atom. The zero-order chi connectivity index (χ0) is 22.5. The number of amides is 3. The van der Waals surface area contributed by atoms with Crippen LogP contribution in [0.2, 0.25) is 0 Å². The van der Waals surface area contributed by atoms with Crippen molar-refractivity contribution in [2.75, 3.05) is 14.1 Å². The average Bonchev–Trinajstić information content (AvgIpc) is 3.74. The number of nitrogens with zero attached hydrogens (tertiary/aromatic N) is 2. The lowest BCUT2D eigenvalue weighted by atomic mass is 9.75. The summed E-state index contributed by atoms with van der Waals surface area (Å²) in [5, 5.41) is 0. The Kier molecular flexibility index (Phi) is 5.15. The minimum atomic E-state index is -1.12. The Labute approximate surface area is 189 Å². The van der Waals surface area contributed by atoms with E-state index in [0.29, 0.717) is 11.8 Å². The van der Waals surface area contributed by atoms with Gasteiger partial charge in [0, 0.05) is 33.0 Å². The number of carbonyl (C=O) groups excluding carboxylic acids is 3. The lowest BCUT2D eigenvalue weighted by molar-refractivity contribution is -0.142. The van der Waals surface area contributed by atoms with Gasteiger partial charge in [-0.05, 0) is 54.2 Å². The molecule has 0 radical (unpaired) electrons. The smallest absolute Gasteiger partial charge is 0.240 e. The monoisotopic (exact) mass is 430 g/mol. The molecule has 32 heavy (non-hydrogen) atoms. The molecule has 1 heterocycles. The van der Waals surface area contributed by atoms with Gasteiger partial charge in [0.05, 0.1) is 5.41 Å². The average molecular weight is 431 g/mol. The molecule has 3 aliphatic rings. The maximum Gasteiger partial charge on any atom is 0.240 e. The Balaban J connectivity index is 1.45. The third kappa shape index (κ3) is 3.64. The molecular weight excluding hydrogens is 400 g/mol. The first-order chi connectivity index (χ1) is 15.4. The van der Waals surface area contributed by atoms with Crippen LogP contribution >= 0.6 is 0 Å². The largest absolute Gasteiger partial charge is 0.342 e. The second kappa shape index (κ2) is 7.88. The van der Waals surface area contributed by atoms with Gasteiger partial charge in [-0.2, -0.15) is 0 Å². The van der Waals surface area contributed by atoms with E-state index in [9.17, 15) is 14.4 Å². The third-order valence-electron chi connectivity index (χ3n) is 7.59.